The number of benzene rings is 2. The molecule has 7 nitrogen and oxygen atoms in total. The summed E-state index contributed by atoms with van der Waals surface area (Å²) < 4.78 is 11.4. The van der Waals surface area contributed by atoms with Crippen LogP contribution in [0.25, 0.3) is 11.3 Å². The molecule has 1 saturated heterocycles. The van der Waals surface area contributed by atoms with Crippen molar-refractivity contribution in [2.45, 2.75) is 38.6 Å². The SMILES string of the molecule is O=C(O)CCCCCOc1ccc(N2CCC2)cc1CNC(=O)c1ccc(-c2ccco2)cc1. The van der Waals surface area contributed by atoms with Crippen LogP contribution in [-0.2, 0) is 11.3 Å². The van der Waals surface area contributed by atoms with E-state index in [2.05, 4.69) is 22.3 Å². The first-order valence-corrected chi connectivity index (χ1v) is 11.7. The first-order valence-electron chi connectivity index (χ1n) is 11.7. The number of carboxylic acids is 1. The molecule has 0 bridgehead atoms. The van der Waals surface area contributed by atoms with Crippen molar-refractivity contribution in [3.63, 3.8) is 0 Å². The van der Waals surface area contributed by atoms with Crippen molar-refractivity contribution in [1.29, 1.82) is 0 Å². The second kappa shape index (κ2) is 11.4. The van der Waals surface area contributed by atoms with Gasteiger partial charge in [0.25, 0.3) is 5.91 Å². The van der Waals surface area contributed by atoms with Gasteiger partial charge in [-0.1, -0.05) is 12.1 Å². The number of amides is 1. The number of carbonyl (C=O) groups is 2. The van der Waals surface area contributed by atoms with Crippen LogP contribution >= 0.6 is 0 Å². The van der Waals surface area contributed by atoms with Crippen LogP contribution in [0.3, 0.4) is 0 Å². The topological polar surface area (TPSA) is 92.0 Å². The summed E-state index contributed by atoms with van der Waals surface area (Å²) in [5.41, 5.74) is 3.56. The molecule has 1 fully saturated rings. The van der Waals surface area contributed by atoms with Gasteiger partial charge in [-0.3, -0.25) is 9.59 Å². The Hall–Kier alpha value is -3.74. The molecule has 0 spiro atoms. The molecule has 3 aromatic rings. The van der Waals surface area contributed by atoms with Gasteiger partial charge in [0.2, 0.25) is 0 Å². The fraction of sp³-hybridized carbons (Fsp3) is 0.333. The number of anilines is 1. The van der Waals surface area contributed by atoms with E-state index < -0.39 is 5.97 Å². The number of carbonyl (C=O) groups excluding carboxylic acids is 1. The highest BCUT2D eigenvalue weighted by Gasteiger charge is 2.17. The smallest absolute Gasteiger partial charge is 0.303 e. The van der Waals surface area contributed by atoms with E-state index in [1.807, 2.05) is 30.3 Å². The van der Waals surface area contributed by atoms with Crippen molar-refractivity contribution in [2.75, 3.05) is 24.6 Å². The third-order valence-corrected chi connectivity index (χ3v) is 5.95. The third kappa shape index (κ3) is 6.19. The third-order valence-electron chi connectivity index (χ3n) is 5.95. The quantitative estimate of drug-likeness (QED) is 0.364. The molecule has 0 radical (unpaired) electrons. The van der Waals surface area contributed by atoms with Crippen LogP contribution in [0.2, 0.25) is 0 Å². The van der Waals surface area contributed by atoms with Crippen LogP contribution in [0.4, 0.5) is 5.69 Å². The number of aliphatic carboxylic acids is 1. The van der Waals surface area contributed by atoms with Gasteiger partial charge in [-0.25, -0.2) is 0 Å². The molecule has 0 saturated carbocycles. The monoisotopic (exact) mass is 462 g/mol. The maximum Gasteiger partial charge on any atom is 0.303 e. The van der Waals surface area contributed by atoms with E-state index >= 15 is 0 Å². The van der Waals surface area contributed by atoms with Crippen LogP contribution in [0, 0.1) is 0 Å². The Kier molecular flexibility index (Phi) is 7.86. The lowest BCUT2D eigenvalue weighted by Gasteiger charge is -2.33. The summed E-state index contributed by atoms with van der Waals surface area (Å²) in [6.07, 6.45) is 5.24. The number of ether oxygens (including phenoxy) is 1. The molecule has 1 aromatic heterocycles. The summed E-state index contributed by atoms with van der Waals surface area (Å²) in [5.74, 6) is 0.589. The van der Waals surface area contributed by atoms with Crippen molar-refractivity contribution in [1.82, 2.24) is 5.32 Å². The minimum atomic E-state index is -0.767. The molecule has 0 aliphatic carbocycles. The van der Waals surface area contributed by atoms with Crippen LogP contribution in [0.5, 0.6) is 5.75 Å². The van der Waals surface area contributed by atoms with Crippen molar-refractivity contribution in [2.24, 2.45) is 0 Å². The minimum absolute atomic E-state index is 0.153. The maximum atomic E-state index is 12.8. The van der Waals surface area contributed by atoms with Gasteiger partial charge in [0.15, 0.2) is 0 Å². The van der Waals surface area contributed by atoms with Crippen molar-refractivity contribution in [3.8, 4) is 17.1 Å². The number of furan rings is 1. The lowest BCUT2D eigenvalue weighted by atomic mass is 10.1. The lowest BCUT2D eigenvalue weighted by molar-refractivity contribution is -0.137. The van der Waals surface area contributed by atoms with E-state index in [0.717, 1.165) is 54.3 Å². The average molecular weight is 463 g/mol. The molecule has 0 unspecified atom stereocenters. The predicted octanol–water partition coefficient (Wildman–Crippen LogP) is 5.11. The maximum absolute atomic E-state index is 12.8. The fourth-order valence-electron chi connectivity index (χ4n) is 3.86. The van der Waals surface area contributed by atoms with Crippen LogP contribution < -0.4 is 15.0 Å². The predicted molar refractivity (Wildman–Crippen MR) is 130 cm³/mol. The van der Waals surface area contributed by atoms with Crippen LogP contribution in [-0.4, -0.2) is 36.7 Å². The highest BCUT2D eigenvalue weighted by atomic mass is 16.5. The highest BCUT2D eigenvalue weighted by molar-refractivity contribution is 5.94. The van der Waals surface area contributed by atoms with E-state index in [1.165, 1.54) is 6.42 Å². The van der Waals surface area contributed by atoms with Crippen molar-refractivity contribution < 1.29 is 23.8 Å². The van der Waals surface area contributed by atoms with Gasteiger partial charge in [-0.2, -0.15) is 0 Å². The minimum Gasteiger partial charge on any atom is -0.493 e. The molecule has 2 heterocycles. The Bertz CT molecular complexity index is 1090. The molecule has 0 atom stereocenters. The first kappa shape index (κ1) is 23.4. The van der Waals surface area contributed by atoms with Crippen LogP contribution in [0.15, 0.2) is 65.3 Å². The zero-order valence-corrected chi connectivity index (χ0v) is 19.2. The van der Waals surface area contributed by atoms with Gasteiger partial charge >= 0.3 is 5.97 Å². The molecule has 178 valence electrons. The molecular formula is C27H30N2O5. The zero-order chi connectivity index (χ0) is 23.8. The second-order valence-corrected chi connectivity index (χ2v) is 8.42. The Morgan fingerprint density at radius 2 is 1.85 bits per heavy atom. The summed E-state index contributed by atoms with van der Waals surface area (Å²) in [4.78, 5) is 25.7. The average Bonchev–Trinajstić information content (AvgIpc) is 3.34. The van der Waals surface area contributed by atoms with Gasteiger partial charge in [0, 0.05) is 48.4 Å². The summed E-state index contributed by atoms with van der Waals surface area (Å²) in [5, 5.41) is 11.8. The molecular weight excluding hydrogens is 432 g/mol. The summed E-state index contributed by atoms with van der Waals surface area (Å²) >= 11 is 0. The Morgan fingerprint density at radius 1 is 1.03 bits per heavy atom. The highest BCUT2D eigenvalue weighted by Crippen LogP contribution is 2.28. The molecule has 1 aliphatic rings. The zero-order valence-electron chi connectivity index (χ0n) is 19.2. The second-order valence-electron chi connectivity index (χ2n) is 8.42. The summed E-state index contributed by atoms with van der Waals surface area (Å²) in [6, 6.07) is 17.1. The van der Waals surface area contributed by atoms with E-state index in [1.54, 1.807) is 18.4 Å². The lowest BCUT2D eigenvalue weighted by Crippen LogP contribution is -2.37. The number of rotatable bonds is 12. The van der Waals surface area contributed by atoms with Gasteiger partial charge in [0.1, 0.15) is 11.5 Å². The molecule has 2 N–H and O–H groups in total. The van der Waals surface area contributed by atoms with E-state index in [4.69, 9.17) is 14.3 Å². The van der Waals surface area contributed by atoms with Gasteiger partial charge < -0.3 is 24.5 Å². The normalized spacial score (nSPS) is 12.8. The van der Waals surface area contributed by atoms with E-state index in [9.17, 15) is 9.59 Å². The summed E-state index contributed by atoms with van der Waals surface area (Å²) in [6.45, 7) is 2.95. The first-order chi connectivity index (χ1) is 16.6. The summed E-state index contributed by atoms with van der Waals surface area (Å²) in [7, 11) is 0. The van der Waals surface area contributed by atoms with Gasteiger partial charge in [-0.15, -0.1) is 0 Å². The largest absolute Gasteiger partial charge is 0.493 e. The van der Waals surface area contributed by atoms with Crippen LogP contribution in [0.1, 0.15) is 48.0 Å². The number of hydrogen-bond donors (Lipinski definition) is 2. The number of carboxylic acid groups (broad SMARTS) is 1. The van der Waals surface area contributed by atoms with Gasteiger partial charge in [-0.05, 0) is 68.1 Å². The Balaban J connectivity index is 1.36. The Labute approximate surface area is 199 Å². The molecule has 4 rings (SSSR count). The molecule has 34 heavy (non-hydrogen) atoms. The van der Waals surface area contributed by atoms with Gasteiger partial charge in [0.05, 0.1) is 12.9 Å². The molecule has 2 aromatic carbocycles. The molecule has 1 amide bonds. The number of nitrogens with one attached hydrogen (secondary N) is 1. The number of hydrogen-bond acceptors (Lipinski definition) is 5. The van der Waals surface area contributed by atoms with E-state index in [0.29, 0.717) is 25.1 Å². The number of unbranched alkanes of at least 4 members (excludes halogenated alkanes) is 2. The van der Waals surface area contributed by atoms with E-state index in [-0.39, 0.29) is 12.3 Å². The van der Waals surface area contributed by atoms with Crippen molar-refractivity contribution >= 4 is 17.6 Å². The molecule has 1 aliphatic heterocycles. The standard InChI is InChI=1S/C27H30N2O5/c30-26(31)7-2-1-3-16-33-25-13-12-23(29-14-5-15-29)18-22(25)19-28-27(32)21-10-8-20(9-11-21)24-6-4-17-34-24/h4,6,8-13,17-18H,1-3,5,7,14-16,19H2,(H,28,32)(H,30,31). The molecule has 7 heteroatoms. The fourth-order valence-corrected chi connectivity index (χ4v) is 3.86. The Morgan fingerprint density at radius 3 is 2.53 bits per heavy atom. The van der Waals surface area contributed by atoms with Crippen molar-refractivity contribution in [3.05, 3.63) is 72.0 Å². The number of nitrogens with zero attached hydrogens (tertiary/aromatic N) is 1.